The van der Waals surface area contributed by atoms with Gasteiger partial charge in [0.1, 0.15) is 0 Å². The van der Waals surface area contributed by atoms with E-state index in [4.69, 9.17) is 0 Å². The second-order valence-electron chi connectivity index (χ2n) is 2.19. The van der Waals surface area contributed by atoms with Crippen molar-refractivity contribution in [2.45, 2.75) is 13.1 Å². The number of halogens is 1. The van der Waals surface area contributed by atoms with Gasteiger partial charge in [-0.15, -0.1) is 12.3 Å². The molecule has 0 saturated heterocycles. The maximum atomic E-state index is 3.91. The van der Waals surface area contributed by atoms with Gasteiger partial charge in [0.05, 0.1) is 0 Å². The van der Waals surface area contributed by atoms with Gasteiger partial charge in [0.25, 0.3) is 0 Å². The van der Waals surface area contributed by atoms with Crippen molar-refractivity contribution in [1.29, 1.82) is 0 Å². The van der Waals surface area contributed by atoms with E-state index in [0.29, 0.717) is 0 Å². The first kappa shape index (κ1) is 16.2. The Morgan fingerprint density at radius 3 is 1.62 bits per heavy atom. The number of rotatable bonds is 1. The van der Waals surface area contributed by atoms with E-state index < -0.39 is 8.07 Å². The summed E-state index contributed by atoms with van der Waals surface area (Å²) in [7, 11) is -1.12. The molecule has 0 aromatic rings. The molecule has 3 heteroatoms. The van der Waals surface area contributed by atoms with Gasteiger partial charge in [0.2, 0.25) is 0 Å². The summed E-state index contributed by atoms with van der Waals surface area (Å²) in [6.45, 7) is 11.8. The molecule has 0 amide bonds. The van der Waals surface area contributed by atoms with Crippen LogP contribution in [-0.2, 0) is 0 Å². The largest absolute Gasteiger partial charge is 2.00 e. The Morgan fingerprint density at radius 1 is 1.50 bits per heavy atom. The molecule has 0 aromatic heterocycles. The normalized spacial score (nSPS) is 8.38. The Morgan fingerprint density at radius 2 is 1.62 bits per heavy atom. The van der Waals surface area contributed by atoms with Crippen molar-refractivity contribution in [3.05, 3.63) is 18.8 Å². The van der Waals surface area contributed by atoms with Gasteiger partial charge in [-0.25, -0.2) is 0 Å². The summed E-state index contributed by atoms with van der Waals surface area (Å²) in [4.78, 5) is 0. The van der Waals surface area contributed by atoms with E-state index in [1.165, 1.54) is 0 Å². The van der Waals surface area contributed by atoms with Crippen molar-refractivity contribution < 1.29 is 24.0 Å². The average Bonchev–Trinajstić information content (AvgIpc) is 1.35. The maximum absolute atomic E-state index is 3.91. The molecule has 0 N–H and O–H groups in total. The minimum atomic E-state index is -1.12. The summed E-state index contributed by atoms with van der Waals surface area (Å²) < 4.78 is 0. The monoisotopic (exact) mass is 250 g/mol. The molecule has 0 saturated carbocycles. The third-order valence-corrected chi connectivity index (χ3v) is 1.66. The first-order valence-electron chi connectivity index (χ1n) is 2.05. The van der Waals surface area contributed by atoms with E-state index in [-0.39, 0.29) is 47.0 Å². The molecule has 0 aliphatic rings. The Hall–Kier alpha value is 1.45. The minimum Gasteiger partial charge on any atom is -1.00 e. The molecule has 0 aliphatic carbocycles. The van der Waals surface area contributed by atoms with E-state index in [1.807, 2.05) is 5.70 Å². The molecule has 0 fully saturated rings. The van der Waals surface area contributed by atoms with Crippen LogP contribution in [0.3, 0.4) is 0 Å². The second kappa shape index (κ2) is 6.57. The Labute approximate surface area is 86.3 Å². The first-order valence-corrected chi connectivity index (χ1v) is 5.33. The number of hydrogen-bond acceptors (Lipinski definition) is 0. The predicted octanol–water partition coefficient (Wildman–Crippen LogP) is -1.58. The molecule has 0 spiro atoms. The first-order chi connectivity index (χ1) is 2.56. The fourth-order valence-electron chi connectivity index (χ4n) is 0. The maximum Gasteiger partial charge on any atom is 2.00 e. The van der Waals surface area contributed by atoms with E-state index in [1.54, 1.807) is 0 Å². The second-order valence-corrected chi connectivity index (χ2v) is 6.58. The summed E-state index contributed by atoms with van der Waals surface area (Å²) in [5, 5.41) is 0. The smallest absolute Gasteiger partial charge is 1.00 e. The molecule has 0 atom stereocenters. The van der Waals surface area contributed by atoms with Crippen LogP contribution in [0.5, 0.6) is 0 Å². The third kappa shape index (κ3) is 15.7. The zero-order valence-corrected chi connectivity index (χ0v) is 10.1. The molecule has 0 unspecified atom stereocenters. The van der Waals surface area contributed by atoms with Crippen LogP contribution in [0.1, 0.15) is 0 Å². The fraction of sp³-hybridized carbons (Fsp3) is 0.400. The summed E-state index contributed by atoms with van der Waals surface area (Å²) in [6.07, 6.45) is 0. The van der Waals surface area contributed by atoms with Gasteiger partial charge in [-0.2, -0.15) is 0 Å². The van der Waals surface area contributed by atoms with Crippen LogP contribution in [0.2, 0.25) is 13.1 Å². The van der Waals surface area contributed by atoms with E-state index in [2.05, 4.69) is 26.2 Å². The Kier molecular flexibility index (Phi) is 13.3. The van der Waals surface area contributed by atoms with Crippen molar-refractivity contribution in [3.8, 4) is 0 Å². The van der Waals surface area contributed by atoms with E-state index in [9.17, 15) is 0 Å². The van der Waals surface area contributed by atoms with Crippen LogP contribution >= 0.6 is 0 Å². The summed E-state index contributed by atoms with van der Waals surface area (Å²) >= 11 is 0. The molecule has 0 rings (SSSR count). The van der Waals surface area contributed by atoms with Crippen molar-refractivity contribution in [2.24, 2.45) is 0 Å². The van der Waals surface area contributed by atoms with E-state index >= 15 is 0 Å². The summed E-state index contributed by atoms with van der Waals surface area (Å²) in [6, 6.07) is 0. The van der Waals surface area contributed by atoms with Gasteiger partial charge >= 0.3 is 23.1 Å². The zero-order chi connectivity index (χ0) is 5.21. The molecular formula is C5H11IMgSi. The Balaban J connectivity index is -0.000000125. The SMILES string of the molecule is C=C[Si]([CH2-])(C)C.[I-].[Mg+2]. The quantitative estimate of drug-likeness (QED) is 0.299. The predicted molar refractivity (Wildman–Crippen MR) is 38.8 cm³/mol. The topological polar surface area (TPSA) is 0 Å². The average molecular weight is 250 g/mol. The van der Waals surface area contributed by atoms with Crippen molar-refractivity contribution in [2.75, 3.05) is 0 Å². The number of hydrogen-bond donors (Lipinski definition) is 0. The van der Waals surface area contributed by atoms with Crippen LogP contribution < -0.4 is 24.0 Å². The van der Waals surface area contributed by atoms with Crippen LogP contribution in [-0.4, -0.2) is 31.1 Å². The fourth-order valence-corrected chi connectivity index (χ4v) is 0. The van der Waals surface area contributed by atoms with Crippen molar-refractivity contribution >= 4 is 31.1 Å². The summed E-state index contributed by atoms with van der Waals surface area (Å²) in [5.41, 5.74) is 1.97. The molecule has 0 bridgehead atoms. The molecular weight excluding hydrogens is 239 g/mol. The van der Waals surface area contributed by atoms with Crippen molar-refractivity contribution in [3.63, 3.8) is 0 Å². The van der Waals surface area contributed by atoms with Gasteiger partial charge in [0, 0.05) is 0 Å². The molecule has 44 valence electrons. The molecule has 0 nitrogen and oxygen atoms in total. The van der Waals surface area contributed by atoms with Gasteiger partial charge < -0.3 is 30.5 Å². The molecule has 0 aromatic carbocycles. The summed E-state index contributed by atoms with van der Waals surface area (Å²) in [5.74, 6) is 0. The van der Waals surface area contributed by atoms with Gasteiger partial charge in [-0.3, -0.25) is 0 Å². The van der Waals surface area contributed by atoms with Gasteiger partial charge in [-0.1, -0.05) is 21.2 Å². The van der Waals surface area contributed by atoms with Crippen LogP contribution in [0.15, 0.2) is 12.3 Å². The zero-order valence-electron chi connectivity index (χ0n) is 5.58. The standard InChI is InChI=1S/C5H11Si.HI.Mg/c1-5-6(2,3)4;;/h5H,1-2H2,3-4H3;1H;/q-1;;+2/p-1. The molecule has 0 radical (unpaired) electrons. The van der Waals surface area contributed by atoms with Crippen molar-refractivity contribution in [1.82, 2.24) is 0 Å². The van der Waals surface area contributed by atoms with Crippen LogP contribution in [0, 0.1) is 6.55 Å². The van der Waals surface area contributed by atoms with Crippen LogP contribution in [0.4, 0.5) is 0 Å². The van der Waals surface area contributed by atoms with Crippen LogP contribution in [0.25, 0.3) is 0 Å². The Bertz CT molecular complexity index is 57.9. The van der Waals surface area contributed by atoms with E-state index in [0.717, 1.165) is 0 Å². The third-order valence-electron chi connectivity index (χ3n) is 0.553. The van der Waals surface area contributed by atoms with Gasteiger partial charge in [-0.05, 0) is 0 Å². The van der Waals surface area contributed by atoms with Gasteiger partial charge in [0.15, 0.2) is 0 Å². The molecule has 8 heavy (non-hydrogen) atoms. The molecule has 0 aliphatic heterocycles. The molecule has 0 heterocycles. The minimum absolute atomic E-state index is 0.